The third kappa shape index (κ3) is 4.20. The van der Waals surface area contributed by atoms with Gasteiger partial charge in [0.2, 0.25) is 0 Å². The first-order chi connectivity index (χ1) is 12.4. The lowest BCUT2D eigenvalue weighted by molar-refractivity contribution is -0.140. The van der Waals surface area contributed by atoms with Gasteiger partial charge in [-0.1, -0.05) is 12.1 Å². The number of allylic oxidation sites excluding steroid dienone is 1. The number of esters is 2. The van der Waals surface area contributed by atoms with Crippen LogP contribution in [0.5, 0.6) is 0 Å². The van der Waals surface area contributed by atoms with Gasteiger partial charge in [-0.3, -0.25) is 0 Å². The SMILES string of the molecule is COCCOC(=O)C1=C(C)N(C)C(=S)N[C@H]1c1ccc(C(=O)OC)cc1. The molecule has 0 aromatic heterocycles. The molecule has 0 spiro atoms. The van der Waals surface area contributed by atoms with E-state index in [1.165, 1.54) is 7.11 Å². The zero-order valence-electron chi connectivity index (χ0n) is 15.2. The Balaban J connectivity index is 2.35. The minimum Gasteiger partial charge on any atom is -0.465 e. The molecular formula is C18H22N2O5S. The topological polar surface area (TPSA) is 77.1 Å². The number of methoxy groups -OCH3 is 2. The Hall–Kier alpha value is -2.45. The Kier molecular flexibility index (Phi) is 6.70. The lowest BCUT2D eigenvalue weighted by Gasteiger charge is -2.35. The van der Waals surface area contributed by atoms with Crippen LogP contribution < -0.4 is 5.32 Å². The number of nitrogens with one attached hydrogen (secondary N) is 1. The first-order valence-corrected chi connectivity index (χ1v) is 8.40. The van der Waals surface area contributed by atoms with Gasteiger partial charge in [-0.25, -0.2) is 9.59 Å². The normalized spacial score (nSPS) is 17.0. The first kappa shape index (κ1) is 19.9. The van der Waals surface area contributed by atoms with Crippen LogP contribution in [0.25, 0.3) is 0 Å². The number of rotatable bonds is 6. The average Bonchev–Trinajstić information content (AvgIpc) is 2.65. The third-order valence-corrected chi connectivity index (χ3v) is 4.55. The van der Waals surface area contributed by atoms with Crippen molar-refractivity contribution >= 4 is 29.3 Å². The molecule has 0 radical (unpaired) electrons. The standard InChI is InChI=1S/C18H22N2O5S/c1-11-14(17(22)25-10-9-23-3)15(19-18(26)20(11)2)12-5-7-13(8-6-12)16(21)24-4/h5-8,15H,9-10H2,1-4H3,(H,19,26)/t15-/m0/s1. The predicted octanol–water partition coefficient (Wildman–Crippen LogP) is 1.80. The molecule has 0 fully saturated rings. The third-order valence-electron chi connectivity index (χ3n) is 4.16. The molecule has 2 rings (SSSR count). The molecule has 1 aromatic rings. The van der Waals surface area contributed by atoms with E-state index in [4.69, 9.17) is 26.4 Å². The summed E-state index contributed by atoms with van der Waals surface area (Å²) >= 11 is 5.35. The maximum Gasteiger partial charge on any atom is 0.338 e. The molecule has 1 atom stereocenters. The van der Waals surface area contributed by atoms with E-state index < -0.39 is 18.0 Å². The van der Waals surface area contributed by atoms with Crippen molar-refractivity contribution in [2.45, 2.75) is 13.0 Å². The molecule has 1 aliphatic heterocycles. The number of ether oxygens (including phenoxy) is 3. The molecular weight excluding hydrogens is 356 g/mol. The van der Waals surface area contributed by atoms with Crippen LogP contribution in [-0.2, 0) is 19.0 Å². The molecule has 7 nitrogen and oxygen atoms in total. The Morgan fingerprint density at radius 1 is 1.15 bits per heavy atom. The van der Waals surface area contributed by atoms with Crippen LogP contribution in [0.3, 0.4) is 0 Å². The summed E-state index contributed by atoms with van der Waals surface area (Å²) in [6.45, 7) is 2.29. The van der Waals surface area contributed by atoms with Gasteiger partial charge in [0, 0.05) is 19.9 Å². The van der Waals surface area contributed by atoms with Crippen LogP contribution in [0.4, 0.5) is 0 Å². The van der Waals surface area contributed by atoms with Gasteiger partial charge in [0.15, 0.2) is 5.11 Å². The zero-order valence-corrected chi connectivity index (χ0v) is 16.0. The van der Waals surface area contributed by atoms with Gasteiger partial charge in [-0.05, 0) is 36.8 Å². The zero-order chi connectivity index (χ0) is 19.3. The summed E-state index contributed by atoms with van der Waals surface area (Å²) in [7, 11) is 4.65. The fourth-order valence-electron chi connectivity index (χ4n) is 2.57. The van der Waals surface area contributed by atoms with Gasteiger partial charge in [-0.2, -0.15) is 0 Å². The largest absolute Gasteiger partial charge is 0.465 e. The summed E-state index contributed by atoms with van der Waals surface area (Å²) in [6.07, 6.45) is 0. The second kappa shape index (κ2) is 8.77. The molecule has 26 heavy (non-hydrogen) atoms. The minimum absolute atomic E-state index is 0.161. The van der Waals surface area contributed by atoms with E-state index in [9.17, 15) is 9.59 Å². The number of benzene rings is 1. The molecule has 140 valence electrons. The highest BCUT2D eigenvalue weighted by Gasteiger charge is 2.33. The average molecular weight is 378 g/mol. The Labute approximate surface area is 157 Å². The number of carbonyl (C=O) groups is 2. The first-order valence-electron chi connectivity index (χ1n) is 8.00. The van der Waals surface area contributed by atoms with Crippen LogP contribution >= 0.6 is 12.2 Å². The number of carbonyl (C=O) groups excluding carboxylic acids is 2. The van der Waals surface area contributed by atoms with E-state index in [1.807, 2.05) is 6.92 Å². The summed E-state index contributed by atoms with van der Waals surface area (Å²) in [5.74, 6) is -0.863. The molecule has 1 aliphatic rings. The van der Waals surface area contributed by atoms with Crippen molar-refractivity contribution in [1.82, 2.24) is 10.2 Å². The minimum atomic E-state index is -0.472. The quantitative estimate of drug-likeness (QED) is 0.456. The van der Waals surface area contributed by atoms with Crippen molar-refractivity contribution in [2.75, 3.05) is 34.5 Å². The molecule has 0 bridgehead atoms. The molecule has 1 heterocycles. The van der Waals surface area contributed by atoms with E-state index >= 15 is 0 Å². The molecule has 0 unspecified atom stereocenters. The lowest BCUT2D eigenvalue weighted by Crippen LogP contribution is -2.46. The Morgan fingerprint density at radius 3 is 2.38 bits per heavy atom. The van der Waals surface area contributed by atoms with Gasteiger partial charge in [0.25, 0.3) is 0 Å². The summed E-state index contributed by atoms with van der Waals surface area (Å²) in [5.41, 5.74) is 2.38. The Bertz CT molecular complexity index is 730. The van der Waals surface area contributed by atoms with Crippen molar-refractivity contribution in [3.05, 3.63) is 46.7 Å². The van der Waals surface area contributed by atoms with Crippen LogP contribution in [0, 0.1) is 0 Å². The van der Waals surface area contributed by atoms with Crippen molar-refractivity contribution in [2.24, 2.45) is 0 Å². The van der Waals surface area contributed by atoms with Gasteiger partial charge in [0.1, 0.15) is 6.61 Å². The van der Waals surface area contributed by atoms with Crippen molar-refractivity contribution in [3.8, 4) is 0 Å². The van der Waals surface area contributed by atoms with Crippen LogP contribution in [0.1, 0.15) is 28.9 Å². The monoisotopic (exact) mass is 378 g/mol. The number of hydrogen-bond donors (Lipinski definition) is 1. The van der Waals surface area contributed by atoms with Crippen molar-refractivity contribution in [3.63, 3.8) is 0 Å². The highest BCUT2D eigenvalue weighted by Crippen LogP contribution is 2.30. The van der Waals surface area contributed by atoms with Crippen LogP contribution in [-0.4, -0.2) is 56.4 Å². The number of nitrogens with zero attached hydrogens (tertiary/aromatic N) is 1. The van der Waals surface area contributed by atoms with E-state index in [2.05, 4.69) is 5.32 Å². The molecule has 0 aliphatic carbocycles. The summed E-state index contributed by atoms with van der Waals surface area (Å²) in [6, 6.07) is 6.34. The Morgan fingerprint density at radius 2 is 1.81 bits per heavy atom. The van der Waals surface area contributed by atoms with Crippen molar-refractivity contribution in [1.29, 1.82) is 0 Å². The highest BCUT2D eigenvalue weighted by atomic mass is 32.1. The van der Waals surface area contributed by atoms with Gasteiger partial charge in [-0.15, -0.1) is 0 Å². The fraction of sp³-hybridized carbons (Fsp3) is 0.389. The van der Waals surface area contributed by atoms with E-state index in [0.717, 1.165) is 5.56 Å². The second-order valence-corrected chi connectivity index (χ2v) is 6.07. The van der Waals surface area contributed by atoms with Crippen molar-refractivity contribution < 1.29 is 23.8 Å². The van der Waals surface area contributed by atoms with E-state index in [1.54, 1.807) is 43.3 Å². The predicted molar refractivity (Wildman–Crippen MR) is 99.6 cm³/mol. The fourth-order valence-corrected chi connectivity index (χ4v) is 2.83. The van der Waals surface area contributed by atoms with Gasteiger partial charge < -0.3 is 24.4 Å². The molecule has 0 saturated heterocycles. The number of thiocarbonyl (C=S) groups is 1. The summed E-state index contributed by atoms with van der Waals surface area (Å²) in [4.78, 5) is 26.0. The van der Waals surface area contributed by atoms with Crippen LogP contribution in [0.15, 0.2) is 35.5 Å². The molecule has 1 N–H and O–H groups in total. The molecule has 1 aromatic carbocycles. The maximum absolute atomic E-state index is 12.6. The second-order valence-electron chi connectivity index (χ2n) is 5.68. The molecule has 0 amide bonds. The lowest BCUT2D eigenvalue weighted by atomic mass is 9.94. The van der Waals surface area contributed by atoms with Gasteiger partial charge >= 0.3 is 11.9 Å². The van der Waals surface area contributed by atoms with Gasteiger partial charge in [0.05, 0.1) is 30.9 Å². The van der Waals surface area contributed by atoms with E-state index in [0.29, 0.717) is 28.6 Å². The van der Waals surface area contributed by atoms with Crippen LogP contribution in [0.2, 0.25) is 0 Å². The smallest absolute Gasteiger partial charge is 0.338 e. The number of hydrogen-bond acceptors (Lipinski definition) is 6. The summed E-state index contributed by atoms with van der Waals surface area (Å²) in [5, 5.41) is 3.65. The van der Waals surface area contributed by atoms with E-state index in [-0.39, 0.29) is 6.61 Å². The maximum atomic E-state index is 12.6. The highest BCUT2D eigenvalue weighted by molar-refractivity contribution is 7.80. The molecule has 8 heteroatoms. The summed E-state index contributed by atoms with van der Waals surface area (Å²) < 4.78 is 14.9. The molecule has 0 saturated carbocycles.